The molecule has 1 heterocycles. The van der Waals surface area contributed by atoms with Crippen LogP contribution in [0.4, 0.5) is 11.4 Å². The Hall–Kier alpha value is -3.52. The quantitative estimate of drug-likeness (QED) is 0.499. The van der Waals surface area contributed by atoms with Crippen LogP contribution in [0.3, 0.4) is 0 Å². The molecule has 1 fully saturated rings. The van der Waals surface area contributed by atoms with Crippen LogP contribution < -0.4 is 13.9 Å². The molecule has 1 atom stereocenters. The molecule has 0 bridgehead atoms. The summed E-state index contributed by atoms with van der Waals surface area (Å²) in [7, 11) is -2.15. The van der Waals surface area contributed by atoms with Crippen LogP contribution in [-0.4, -0.2) is 58.6 Å². The van der Waals surface area contributed by atoms with Gasteiger partial charge in [-0.2, -0.15) is 0 Å². The van der Waals surface area contributed by atoms with E-state index in [1.807, 2.05) is 30.0 Å². The molecule has 3 aromatic rings. The molecule has 0 spiro atoms. The van der Waals surface area contributed by atoms with Gasteiger partial charge in [-0.3, -0.25) is 9.10 Å². The van der Waals surface area contributed by atoms with E-state index in [-0.39, 0.29) is 10.8 Å². The number of carbonyl (C=O) groups is 1. The van der Waals surface area contributed by atoms with Crippen molar-refractivity contribution in [1.29, 1.82) is 0 Å². The third-order valence-electron chi connectivity index (χ3n) is 6.25. The first-order valence-electron chi connectivity index (χ1n) is 11.7. The Bertz CT molecular complexity index is 1240. The molecule has 3 aromatic carbocycles. The second-order valence-electron chi connectivity index (χ2n) is 8.69. The summed E-state index contributed by atoms with van der Waals surface area (Å²) in [6, 6.07) is 23.7. The van der Waals surface area contributed by atoms with E-state index in [0.29, 0.717) is 24.5 Å². The van der Waals surface area contributed by atoms with Gasteiger partial charge >= 0.3 is 0 Å². The van der Waals surface area contributed by atoms with Crippen LogP contribution in [0, 0.1) is 6.92 Å². The summed E-state index contributed by atoms with van der Waals surface area (Å²) >= 11 is 0. The lowest BCUT2D eigenvalue weighted by atomic mass is 10.2. The number of benzene rings is 3. The van der Waals surface area contributed by atoms with Gasteiger partial charge in [0, 0.05) is 38.9 Å². The summed E-state index contributed by atoms with van der Waals surface area (Å²) in [6.45, 7) is 6.49. The van der Waals surface area contributed by atoms with E-state index in [9.17, 15) is 13.2 Å². The molecule has 1 saturated heterocycles. The van der Waals surface area contributed by atoms with Gasteiger partial charge < -0.3 is 14.5 Å². The third kappa shape index (κ3) is 5.59. The van der Waals surface area contributed by atoms with E-state index in [1.165, 1.54) is 17.0 Å². The maximum Gasteiger partial charge on any atom is 0.264 e. The number of aryl methyl sites for hydroxylation is 1. The fourth-order valence-electron chi connectivity index (χ4n) is 4.08. The van der Waals surface area contributed by atoms with Gasteiger partial charge in [0.15, 0.2) is 6.10 Å². The predicted molar refractivity (Wildman–Crippen MR) is 139 cm³/mol. The van der Waals surface area contributed by atoms with Crippen LogP contribution in [0.2, 0.25) is 0 Å². The van der Waals surface area contributed by atoms with Crippen LogP contribution in [0.5, 0.6) is 5.75 Å². The van der Waals surface area contributed by atoms with E-state index in [2.05, 4.69) is 17.0 Å². The first-order chi connectivity index (χ1) is 16.8. The highest BCUT2D eigenvalue weighted by molar-refractivity contribution is 7.92. The van der Waals surface area contributed by atoms with Crippen molar-refractivity contribution in [3.8, 4) is 5.75 Å². The van der Waals surface area contributed by atoms with E-state index >= 15 is 0 Å². The van der Waals surface area contributed by atoms with Crippen molar-refractivity contribution in [2.75, 3.05) is 42.4 Å². The number of anilines is 2. The molecule has 4 rings (SSSR count). The van der Waals surface area contributed by atoms with Crippen LogP contribution in [0.1, 0.15) is 12.5 Å². The topological polar surface area (TPSA) is 70.2 Å². The van der Waals surface area contributed by atoms with Gasteiger partial charge in [0.2, 0.25) is 0 Å². The number of sulfonamides is 1. The average molecular weight is 494 g/mol. The highest BCUT2D eigenvalue weighted by Crippen LogP contribution is 2.25. The predicted octanol–water partition coefficient (Wildman–Crippen LogP) is 3.94. The van der Waals surface area contributed by atoms with E-state index in [0.717, 1.165) is 18.7 Å². The summed E-state index contributed by atoms with van der Waals surface area (Å²) in [4.78, 5) is 17.3. The Morgan fingerprint density at radius 3 is 2.09 bits per heavy atom. The molecule has 0 radical (unpaired) electrons. The van der Waals surface area contributed by atoms with Crippen LogP contribution in [0.15, 0.2) is 83.8 Å². The van der Waals surface area contributed by atoms with Crippen LogP contribution >= 0.6 is 0 Å². The average Bonchev–Trinajstić information content (AvgIpc) is 2.89. The molecule has 1 unspecified atom stereocenters. The third-order valence-corrected chi connectivity index (χ3v) is 8.05. The largest absolute Gasteiger partial charge is 0.481 e. The fourth-order valence-corrected chi connectivity index (χ4v) is 5.27. The molecule has 1 aliphatic rings. The second kappa shape index (κ2) is 10.4. The van der Waals surface area contributed by atoms with E-state index in [4.69, 9.17) is 4.74 Å². The molecule has 0 N–H and O–H groups in total. The molecule has 1 aliphatic heterocycles. The second-order valence-corrected chi connectivity index (χ2v) is 10.7. The van der Waals surface area contributed by atoms with Crippen molar-refractivity contribution < 1.29 is 17.9 Å². The van der Waals surface area contributed by atoms with Gasteiger partial charge in [-0.25, -0.2) is 8.42 Å². The molecule has 7 nitrogen and oxygen atoms in total. The zero-order chi connectivity index (χ0) is 25.0. The Labute approximate surface area is 207 Å². The zero-order valence-corrected chi connectivity index (χ0v) is 21.1. The number of piperazine rings is 1. The van der Waals surface area contributed by atoms with Gasteiger partial charge in [0.25, 0.3) is 15.9 Å². The van der Waals surface area contributed by atoms with Crippen molar-refractivity contribution >= 4 is 27.3 Å². The minimum absolute atomic E-state index is 0.0548. The van der Waals surface area contributed by atoms with Gasteiger partial charge in [0.05, 0.1) is 10.6 Å². The molecule has 8 heteroatoms. The lowest BCUT2D eigenvalue weighted by Gasteiger charge is -2.37. The number of nitrogens with zero attached hydrogens (tertiary/aromatic N) is 3. The van der Waals surface area contributed by atoms with Crippen LogP contribution in [0.25, 0.3) is 0 Å². The normalized spacial score (nSPS) is 14.9. The summed E-state index contributed by atoms with van der Waals surface area (Å²) in [5.74, 6) is 0.458. The first kappa shape index (κ1) is 24.6. The van der Waals surface area contributed by atoms with Crippen LogP contribution in [-0.2, 0) is 14.8 Å². The van der Waals surface area contributed by atoms with E-state index in [1.54, 1.807) is 55.5 Å². The number of hydrogen-bond donors (Lipinski definition) is 0. The Morgan fingerprint density at radius 2 is 1.49 bits per heavy atom. The summed E-state index contributed by atoms with van der Waals surface area (Å²) in [5, 5.41) is 0. The number of hydrogen-bond acceptors (Lipinski definition) is 5. The Balaban J connectivity index is 1.34. The molecular weight excluding hydrogens is 462 g/mol. The molecular formula is C27H31N3O4S. The molecule has 0 aromatic heterocycles. The van der Waals surface area contributed by atoms with Crippen molar-refractivity contribution in [1.82, 2.24) is 4.90 Å². The smallest absolute Gasteiger partial charge is 0.264 e. The molecule has 35 heavy (non-hydrogen) atoms. The number of carbonyl (C=O) groups excluding carboxylic acids is 1. The highest BCUT2D eigenvalue weighted by atomic mass is 32.2. The monoisotopic (exact) mass is 493 g/mol. The SMILES string of the molecule is Cc1ccc(S(=O)(=O)N(C)c2ccc(OC(C)C(=O)N3CCN(c4ccccc4)CC3)cc2)cc1. The highest BCUT2D eigenvalue weighted by Gasteiger charge is 2.26. The molecule has 1 amide bonds. The summed E-state index contributed by atoms with van der Waals surface area (Å²) in [5.41, 5.74) is 2.67. The maximum absolute atomic E-state index is 12.9. The van der Waals surface area contributed by atoms with Gasteiger partial charge in [0.1, 0.15) is 5.75 Å². The standard InChI is InChI=1S/C27H31N3O4S/c1-21-9-15-26(16-10-21)35(32,33)28(3)23-11-13-25(14-12-23)34-22(2)27(31)30-19-17-29(18-20-30)24-7-5-4-6-8-24/h4-16,22H,17-20H2,1-3H3. The lowest BCUT2D eigenvalue weighted by molar-refractivity contribution is -0.138. The minimum Gasteiger partial charge on any atom is -0.481 e. The number of amides is 1. The van der Waals surface area contributed by atoms with Gasteiger partial charge in [-0.15, -0.1) is 0 Å². The lowest BCUT2D eigenvalue weighted by Crippen LogP contribution is -2.52. The molecule has 184 valence electrons. The number of para-hydroxylation sites is 1. The van der Waals surface area contributed by atoms with E-state index < -0.39 is 16.1 Å². The van der Waals surface area contributed by atoms with Crippen molar-refractivity contribution in [3.05, 3.63) is 84.4 Å². The van der Waals surface area contributed by atoms with Crippen molar-refractivity contribution in [3.63, 3.8) is 0 Å². The van der Waals surface area contributed by atoms with Gasteiger partial charge in [-0.05, 0) is 62.4 Å². The number of ether oxygens (including phenoxy) is 1. The Kier molecular flexibility index (Phi) is 7.31. The fraction of sp³-hybridized carbons (Fsp3) is 0.296. The van der Waals surface area contributed by atoms with Gasteiger partial charge in [-0.1, -0.05) is 35.9 Å². The first-order valence-corrected chi connectivity index (χ1v) is 13.1. The Morgan fingerprint density at radius 1 is 0.886 bits per heavy atom. The van der Waals surface area contributed by atoms with Crippen molar-refractivity contribution in [2.45, 2.75) is 24.8 Å². The van der Waals surface area contributed by atoms with Crippen molar-refractivity contribution in [2.24, 2.45) is 0 Å². The maximum atomic E-state index is 12.9. The summed E-state index contributed by atoms with van der Waals surface area (Å²) in [6.07, 6.45) is -0.641. The minimum atomic E-state index is -3.67. The zero-order valence-electron chi connectivity index (χ0n) is 20.3. The summed E-state index contributed by atoms with van der Waals surface area (Å²) < 4.78 is 33.0. The number of rotatable bonds is 7. The molecule has 0 aliphatic carbocycles. The molecule has 0 saturated carbocycles.